The lowest BCUT2D eigenvalue weighted by molar-refractivity contribution is -0.141. The van der Waals surface area contributed by atoms with Crippen molar-refractivity contribution in [3.05, 3.63) is 0 Å². The summed E-state index contributed by atoms with van der Waals surface area (Å²) in [7, 11) is 0. The molecule has 5 nitrogen and oxygen atoms in total. The fraction of sp³-hybridized carbons (Fsp3) is 0.833. The number of carbonyl (C=O) groups is 2. The number of amides is 1. The Labute approximate surface area is 102 Å². The van der Waals surface area contributed by atoms with Gasteiger partial charge in [-0.3, -0.25) is 9.59 Å². The van der Waals surface area contributed by atoms with Gasteiger partial charge in [0.1, 0.15) is 0 Å². The van der Waals surface area contributed by atoms with Crippen molar-refractivity contribution in [1.82, 2.24) is 10.2 Å². The third kappa shape index (κ3) is 4.34. The number of piperidine rings is 1. The fourth-order valence-corrected chi connectivity index (χ4v) is 1.92. The second-order valence-electron chi connectivity index (χ2n) is 4.76. The number of nitrogens with one attached hydrogen (secondary N) is 1. The van der Waals surface area contributed by atoms with Gasteiger partial charge in [-0.15, -0.1) is 0 Å². The van der Waals surface area contributed by atoms with Crippen molar-refractivity contribution in [3.63, 3.8) is 0 Å². The zero-order chi connectivity index (χ0) is 12.8. The third-order valence-electron chi connectivity index (χ3n) is 3.19. The lowest BCUT2D eigenvalue weighted by atomic mass is 10.1. The van der Waals surface area contributed by atoms with Crippen molar-refractivity contribution in [3.8, 4) is 0 Å². The Balaban J connectivity index is 2.33. The Morgan fingerprint density at radius 3 is 2.35 bits per heavy atom. The molecule has 1 aliphatic rings. The van der Waals surface area contributed by atoms with E-state index in [9.17, 15) is 9.59 Å². The van der Waals surface area contributed by atoms with E-state index in [1.807, 2.05) is 4.90 Å². The van der Waals surface area contributed by atoms with Crippen LogP contribution in [0.25, 0.3) is 0 Å². The van der Waals surface area contributed by atoms with E-state index in [0.29, 0.717) is 6.54 Å². The lowest BCUT2D eigenvalue weighted by Gasteiger charge is -2.29. The van der Waals surface area contributed by atoms with Crippen LogP contribution in [-0.4, -0.2) is 47.6 Å². The van der Waals surface area contributed by atoms with Crippen molar-refractivity contribution in [1.29, 1.82) is 0 Å². The summed E-state index contributed by atoms with van der Waals surface area (Å²) in [6, 6.07) is -0.296. The van der Waals surface area contributed by atoms with E-state index in [1.54, 1.807) is 13.8 Å². The number of likely N-dealkylation sites (tertiary alicyclic amines) is 1. The number of carboxylic acid groups (broad SMARTS) is 1. The van der Waals surface area contributed by atoms with Gasteiger partial charge in [0, 0.05) is 19.6 Å². The highest BCUT2D eigenvalue weighted by Crippen LogP contribution is 2.10. The Morgan fingerprint density at radius 2 is 1.82 bits per heavy atom. The first kappa shape index (κ1) is 14.0. The highest BCUT2D eigenvalue weighted by Gasteiger charge is 2.22. The molecule has 0 aromatic rings. The third-order valence-corrected chi connectivity index (χ3v) is 3.19. The normalized spacial score (nSPS) is 19.8. The van der Waals surface area contributed by atoms with E-state index in [-0.39, 0.29) is 11.9 Å². The van der Waals surface area contributed by atoms with Crippen molar-refractivity contribution in [2.24, 2.45) is 5.92 Å². The summed E-state index contributed by atoms with van der Waals surface area (Å²) in [4.78, 5) is 24.5. The van der Waals surface area contributed by atoms with Crippen molar-refractivity contribution in [2.75, 3.05) is 19.6 Å². The molecule has 0 saturated carbocycles. The standard InChI is InChI=1S/C12H22N2O3/c1-9(12(16)17)8-13-10(2)11(15)14-6-4-3-5-7-14/h9-10,13H,3-8H2,1-2H3,(H,16,17). The van der Waals surface area contributed by atoms with E-state index < -0.39 is 11.9 Å². The van der Waals surface area contributed by atoms with Gasteiger partial charge in [0.15, 0.2) is 0 Å². The largest absolute Gasteiger partial charge is 0.481 e. The maximum absolute atomic E-state index is 12.0. The van der Waals surface area contributed by atoms with Gasteiger partial charge in [-0.1, -0.05) is 6.92 Å². The molecule has 2 unspecified atom stereocenters. The molecule has 98 valence electrons. The summed E-state index contributed by atoms with van der Waals surface area (Å²) in [5, 5.41) is 11.7. The summed E-state index contributed by atoms with van der Waals surface area (Å²) in [5.74, 6) is -1.22. The first-order valence-electron chi connectivity index (χ1n) is 6.27. The van der Waals surface area contributed by atoms with Crippen LogP contribution in [0.2, 0.25) is 0 Å². The molecule has 17 heavy (non-hydrogen) atoms. The van der Waals surface area contributed by atoms with E-state index in [4.69, 9.17) is 5.11 Å². The van der Waals surface area contributed by atoms with Gasteiger partial charge in [0.05, 0.1) is 12.0 Å². The molecule has 0 aliphatic carbocycles. The Hall–Kier alpha value is -1.10. The van der Waals surface area contributed by atoms with Gasteiger partial charge in [-0.25, -0.2) is 0 Å². The van der Waals surface area contributed by atoms with E-state index in [0.717, 1.165) is 25.9 Å². The maximum Gasteiger partial charge on any atom is 0.307 e. The first-order chi connectivity index (χ1) is 8.02. The van der Waals surface area contributed by atoms with E-state index >= 15 is 0 Å². The van der Waals surface area contributed by atoms with E-state index in [2.05, 4.69) is 5.32 Å². The number of nitrogens with zero attached hydrogens (tertiary/aromatic N) is 1. The van der Waals surface area contributed by atoms with Crippen LogP contribution in [0.4, 0.5) is 0 Å². The van der Waals surface area contributed by atoms with Crippen LogP contribution in [0.15, 0.2) is 0 Å². The number of rotatable bonds is 5. The number of hydrogen-bond acceptors (Lipinski definition) is 3. The second-order valence-corrected chi connectivity index (χ2v) is 4.76. The zero-order valence-corrected chi connectivity index (χ0v) is 10.6. The molecule has 1 fully saturated rings. The first-order valence-corrected chi connectivity index (χ1v) is 6.27. The van der Waals surface area contributed by atoms with Crippen LogP contribution >= 0.6 is 0 Å². The summed E-state index contributed by atoms with van der Waals surface area (Å²) >= 11 is 0. The molecule has 5 heteroatoms. The fourth-order valence-electron chi connectivity index (χ4n) is 1.92. The van der Waals surface area contributed by atoms with Gasteiger partial charge in [-0.05, 0) is 26.2 Å². The molecule has 0 radical (unpaired) electrons. The maximum atomic E-state index is 12.0. The van der Waals surface area contributed by atoms with E-state index in [1.165, 1.54) is 6.42 Å². The second kappa shape index (κ2) is 6.59. The quantitative estimate of drug-likeness (QED) is 0.744. The number of carbonyl (C=O) groups excluding carboxylic acids is 1. The lowest BCUT2D eigenvalue weighted by Crippen LogP contribution is -2.48. The van der Waals surface area contributed by atoms with Crippen LogP contribution in [0, 0.1) is 5.92 Å². The van der Waals surface area contributed by atoms with Crippen LogP contribution in [-0.2, 0) is 9.59 Å². The molecular formula is C12H22N2O3. The molecule has 0 spiro atoms. The number of aliphatic carboxylic acids is 1. The minimum Gasteiger partial charge on any atom is -0.481 e. The molecule has 2 N–H and O–H groups in total. The predicted molar refractivity (Wildman–Crippen MR) is 64.7 cm³/mol. The molecule has 0 aromatic carbocycles. The minimum atomic E-state index is -0.838. The highest BCUT2D eigenvalue weighted by atomic mass is 16.4. The van der Waals surface area contributed by atoms with Gasteiger partial charge >= 0.3 is 5.97 Å². The summed E-state index contributed by atoms with van der Waals surface area (Å²) in [6.07, 6.45) is 3.34. The zero-order valence-electron chi connectivity index (χ0n) is 10.6. The molecule has 0 aromatic heterocycles. The molecule has 1 amide bonds. The molecule has 1 aliphatic heterocycles. The predicted octanol–water partition coefficient (Wildman–Crippen LogP) is 0.698. The summed E-state index contributed by atoms with van der Waals surface area (Å²) < 4.78 is 0. The monoisotopic (exact) mass is 242 g/mol. The minimum absolute atomic E-state index is 0.0855. The molecule has 2 atom stereocenters. The number of hydrogen-bond donors (Lipinski definition) is 2. The highest BCUT2D eigenvalue weighted by molar-refractivity contribution is 5.81. The Morgan fingerprint density at radius 1 is 1.24 bits per heavy atom. The Kier molecular flexibility index (Phi) is 5.41. The van der Waals surface area contributed by atoms with Crippen molar-refractivity contribution < 1.29 is 14.7 Å². The average molecular weight is 242 g/mol. The smallest absolute Gasteiger partial charge is 0.307 e. The molecule has 1 saturated heterocycles. The topological polar surface area (TPSA) is 69.6 Å². The van der Waals surface area contributed by atoms with Crippen LogP contribution < -0.4 is 5.32 Å². The van der Waals surface area contributed by atoms with Crippen LogP contribution in [0.3, 0.4) is 0 Å². The summed E-state index contributed by atoms with van der Waals surface area (Å²) in [5.41, 5.74) is 0. The number of carboxylic acids is 1. The average Bonchev–Trinajstić information content (AvgIpc) is 2.35. The molecule has 1 heterocycles. The van der Waals surface area contributed by atoms with Crippen molar-refractivity contribution in [2.45, 2.75) is 39.2 Å². The SMILES string of the molecule is CC(CNC(C)C(=O)N1CCCCC1)C(=O)O. The van der Waals surface area contributed by atoms with Gasteiger partial charge in [0.25, 0.3) is 0 Å². The van der Waals surface area contributed by atoms with Gasteiger partial charge in [-0.2, -0.15) is 0 Å². The molecular weight excluding hydrogens is 220 g/mol. The Bertz CT molecular complexity index is 275. The van der Waals surface area contributed by atoms with Gasteiger partial charge < -0.3 is 15.3 Å². The molecule has 0 bridgehead atoms. The summed E-state index contributed by atoms with van der Waals surface area (Å²) in [6.45, 7) is 5.42. The van der Waals surface area contributed by atoms with Crippen LogP contribution in [0.1, 0.15) is 33.1 Å². The van der Waals surface area contributed by atoms with Crippen molar-refractivity contribution >= 4 is 11.9 Å². The molecule has 1 rings (SSSR count). The van der Waals surface area contributed by atoms with Gasteiger partial charge in [0.2, 0.25) is 5.91 Å². The van der Waals surface area contributed by atoms with Crippen LogP contribution in [0.5, 0.6) is 0 Å².